The molecular weight excluding hydrogens is 356 g/mol. The van der Waals surface area contributed by atoms with E-state index in [9.17, 15) is 4.79 Å². The Balaban J connectivity index is 1.83. The molecule has 0 fully saturated rings. The van der Waals surface area contributed by atoms with E-state index in [1.165, 1.54) is 11.8 Å². The number of nitrogens with one attached hydrogen (secondary N) is 1. The predicted octanol–water partition coefficient (Wildman–Crippen LogP) is 4.18. The minimum absolute atomic E-state index is 0.00855. The molecule has 2 aromatic rings. The van der Waals surface area contributed by atoms with E-state index in [1.807, 2.05) is 43.5 Å². The van der Waals surface area contributed by atoms with E-state index in [2.05, 4.69) is 26.2 Å². The fourth-order valence-electron chi connectivity index (χ4n) is 1.64. The van der Waals surface area contributed by atoms with Crippen LogP contribution in [0.15, 0.2) is 38.5 Å². The normalized spacial score (nSPS) is 12.2. The molecule has 1 aromatic carbocycles. The van der Waals surface area contributed by atoms with Crippen LogP contribution in [0.4, 0.5) is 0 Å². The topological polar surface area (TPSA) is 42.0 Å². The van der Waals surface area contributed by atoms with Crippen molar-refractivity contribution in [3.05, 3.63) is 45.4 Å². The van der Waals surface area contributed by atoms with Crippen LogP contribution in [-0.2, 0) is 4.79 Å². The number of benzene rings is 1. The molecule has 0 bridgehead atoms. The highest BCUT2D eigenvalue weighted by Gasteiger charge is 2.10. The molecule has 20 heavy (non-hydrogen) atoms. The van der Waals surface area contributed by atoms with Crippen molar-refractivity contribution in [3.8, 4) is 0 Å². The third-order valence-corrected chi connectivity index (χ3v) is 5.34. The first-order valence-corrected chi connectivity index (χ1v) is 8.80. The fraction of sp³-hybridized carbons (Fsp3) is 0.286. The molecule has 106 valence electrons. The third kappa shape index (κ3) is 4.61. The standard InChI is InChI=1S/C14H15BrN2OS2/c1-9-7-19-14(16-9)20-8-13(18)17-10(2)11-3-5-12(15)6-4-11/h3-7,10H,8H2,1-2H3,(H,17,18)/t10-/m0/s1. The SMILES string of the molecule is Cc1csc(SCC(=O)N[C@@H](C)c2ccc(Br)cc2)n1. The van der Waals surface area contributed by atoms with E-state index in [4.69, 9.17) is 0 Å². The van der Waals surface area contributed by atoms with Crippen molar-refractivity contribution < 1.29 is 4.79 Å². The van der Waals surface area contributed by atoms with Crippen LogP contribution in [0.25, 0.3) is 0 Å². The number of rotatable bonds is 5. The first kappa shape index (κ1) is 15.5. The summed E-state index contributed by atoms with van der Waals surface area (Å²) in [4.78, 5) is 16.2. The van der Waals surface area contributed by atoms with E-state index in [0.29, 0.717) is 5.75 Å². The van der Waals surface area contributed by atoms with Crippen LogP contribution in [0.5, 0.6) is 0 Å². The second kappa shape index (κ2) is 7.24. The van der Waals surface area contributed by atoms with E-state index in [-0.39, 0.29) is 11.9 Å². The summed E-state index contributed by atoms with van der Waals surface area (Å²) in [5, 5.41) is 4.99. The molecule has 0 saturated carbocycles. The highest BCUT2D eigenvalue weighted by molar-refractivity contribution is 9.10. The van der Waals surface area contributed by atoms with Gasteiger partial charge in [-0.2, -0.15) is 0 Å². The van der Waals surface area contributed by atoms with E-state index >= 15 is 0 Å². The molecule has 2 rings (SSSR count). The van der Waals surface area contributed by atoms with Crippen LogP contribution >= 0.6 is 39.0 Å². The Morgan fingerprint density at radius 3 is 2.75 bits per heavy atom. The Labute approximate surface area is 135 Å². The quantitative estimate of drug-likeness (QED) is 0.802. The maximum Gasteiger partial charge on any atom is 0.230 e. The van der Waals surface area contributed by atoms with E-state index < -0.39 is 0 Å². The van der Waals surface area contributed by atoms with Crippen LogP contribution in [0, 0.1) is 6.92 Å². The zero-order chi connectivity index (χ0) is 14.5. The third-order valence-electron chi connectivity index (χ3n) is 2.67. The Bertz CT molecular complexity index is 583. The van der Waals surface area contributed by atoms with E-state index in [1.54, 1.807) is 11.3 Å². The van der Waals surface area contributed by atoms with Gasteiger partial charge >= 0.3 is 0 Å². The van der Waals surface area contributed by atoms with Gasteiger partial charge in [0.15, 0.2) is 4.34 Å². The number of thioether (sulfide) groups is 1. The predicted molar refractivity (Wildman–Crippen MR) is 88.3 cm³/mol. The smallest absolute Gasteiger partial charge is 0.230 e. The van der Waals surface area contributed by atoms with Gasteiger partial charge in [0.1, 0.15) is 0 Å². The number of halogens is 1. The Hall–Kier alpha value is -0.850. The highest BCUT2D eigenvalue weighted by Crippen LogP contribution is 2.22. The van der Waals surface area contributed by atoms with Crippen LogP contribution in [-0.4, -0.2) is 16.6 Å². The molecule has 0 aliphatic heterocycles. The van der Waals surface area contributed by atoms with Crippen LogP contribution < -0.4 is 5.32 Å². The maximum absolute atomic E-state index is 11.9. The summed E-state index contributed by atoms with van der Waals surface area (Å²) < 4.78 is 1.98. The number of hydrogen-bond donors (Lipinski definition) is 1. The molecule has 0 aliphatic carbocycles. The molecule has 1 aromatic heterocycles. The lowest BCUT2D eigenvalue weighted by molar-refractivity contribution is -0.119. The van der Waals surface area contributed by atoms with Crippen molar-refractivity contribution in [2.45, 2.75) is 24.2 Å². The second-order valence-corrected chi connectivity index (χ2v) is 7.38. The first-order valence-electron chi connectivity index (χ1n) is 6.14. The summed E-state index contributed by atoms with van der Waals surface area (Å²) in [5.74, 6) is 0.423. The molecule has 3 nitrogen and oxygen atoms in total. The van der Waals surface area contributed by atoms with Crippen molar-refractivity contribution in [2.24, 2.45) is 0 Å². The van der Waals surface area contributed by atoms with Crippen molar-refractivity contribution in [2.75, 3.05) is 5.75 Å². The number of aryl methyl sites for hydroxylation is 1. The highest BCUT2D eigenvalue weighted by atomic mass is 79.9. The average molecular weight is 371 g/mol. The van der Waals surface area contributed by atoms with Gasteiger partial charge in [0.25, 0.3) is 0 Å². The van der Waals surface area contributed by atoms with Gasteiger partial charge in [-0.25, -0.2) is 4.98 Å². The molecule has 1 atom stereocenters. The van der Waals surface area contributed by atoms with Crippen LogP contribution in [0.3, 0.4) is 0 Å². The van der Waals surface area contributed by atoms with Gasteiger partial charge in [0, 0.05) is 15.5 Å². The number of hydrogen-bond acceptors (Lipinski definition) is 4. The van der Waals surface area contributed by atoms with Crippen LogP contribution in [0.2, 0.25) is 0 Å². The van der Waals surface area contributed by atoms with Gasteiger partial charge in [-0.15, -0.1) is 11.3 Å². The summed E-state index contributed by atoms with van der Waals surface area (Å²) in [6, 6.07) is 7.98. The second-order valence-electron chi connectivity index (χ2n) is 4.38. The molecule has 0 radical (unpaired) electrons. The van der Waals surface area contributed by atoms with Gasteiger partial charge in [-0.3, -0.25) is 4.79 Å². The lowest BCUT2D eigenvalue weighted by atomic mass is 10.1. The molecule has 0 unspecified atom stereocenters. The van der Waals surface area contributed by atoms with E-state index in [0.717, 1.165) is 20.1 Å². The number of aromatic nitrogens is 1. The molecule has 1 heterocycles. The minimum Gasteiger partial charge on any atom is -0.349 e. The lowest BCUT2D eigenvalue weighted by Crippen LogP contribution is -2.28. The fourth-order valence-corrected chi connectivity index (χ4v) is 3.57. The number of thiazole rings is 1. The van der Waals surface area contributed by atoms with Crippen molar-refractivity contribution in [1.29, 1.82) is 0 Å². The summed E-state index contributed by atoms with van der Waals surface area (Å²) in [6.45, 7) is 3.94. The summed E-state index contributed by atoms with van der Waals surface area (Å²) in [6.07, 6.45) is 0. The zero-order valence-corrected chi connectivity index (χ0v) is 14.4. The summed E-state index contributed by atoms with van der Waals surface area (Å²) in [5.41, 5.74) is 2.10. The summed E-state index contributed by atoms with van der Waals surface area (Å²) >= 11 is 6.45. The lowest BCUT2D eigenvalue weighted by Gasteiger charge is -2.14. The monoisotopic (exact) mass is 370 g/mol. The van der Waals surface area contributed by atoms with Crippen LogP contribution in [0.1, 0.15) is 24.2 Å². The molecule has 0 spiro atoms. The van der Waals surface area contributed by atoms with Crippen molar-refractivity contribution in [1.82, 2.24) is 10.3 Å². The van der Waals surface area contributed by atoms with Crippen molar-refractivity contribution >= 4 is 44.9 Å². The molecule has 1 N–H and O–H groups in total. The molecule has 6 heteroatoms. The van der Waals surface area contributed by atoms with Gasteiger partial charge in [0.05, 0.1) is 11.8 Å². The number of carbonyl (C=O) groups is 1. The Morgan fingerprint density at radius 1 is 1.45 bits per heavy atom. The first-order chi connectivity index (χ1) is 9.54. The number of nitrogens with zero attached hydrogens (tertiary/aromatic N) is 1. The zero-order valence-electron chi connectivity index (χ0n) is 11.2. The van der Waals surface area contributed by atoms with Crippen molar-refractivity contribution in [3.63, 3.8) is 0 Å². The minimum atomic E-state index is 0.00855. The largest absolute Gasteiger partial charge is 0.349 e. The molecule has 0 aliphatic rings. The summed E-state index contributed by atoms with van der Waals surface area (Å²) in [7, 11) is 0. The number of amides is 1. The average Bonchev–Trinajstić information content (AvgIpc) is 2.83. The van der Waals surface area contributed by atoms with Gasteiger partial charge in [-0.05, 0) is 31.5 Å². The maximum atomic E-state index is 11.9. The Morgan fingerprint density at radius 2 is 2.15 bits per heavy atom. The van der Waals surface area contributed by atoms with Gasteiger partial charge in [-0.1, -0.05) is 39.8 Å². The van der Waals surface area contributed by atoms with Gasteiger partial charge < -0.3 is 5.32 Å². The molecule has 0 saturated heterocycles. The van der Waals surface area contributed by atoms with Gasteiger partial charge in [0.2, 0.25) is 5.91 Å². The Kier molecular flexibility index (Phi) is 5.63. The molecule has 1 amide bonds. The molecular formula is C14H15BrN2OS2. The number of carbonyl (C=O) groups excluding carboxylic acids is 1.